The molecular formula is C67H130O6. The molecule has 0 rings (SSSR count). The van der Waals surface area contributed by atoms with Crippen LogP contribution in [-0.4, -0.2) is 37.2 Å². The largest absolute Gasteiger partial charge is 0.462 e. The maximum absolute atomic E-state index is 12.9. The van der Waals surface area contributed by atoms with Crippen molar-refractivity contribution in [2.75, 3.05) is 13.2 Å². The summed E-state index contributed by atoms with van der Waals surface area (Å²) in [6, 6.07) is 0. The minimum atomic E-state index is -0.764. The fourth-order valence-electron chi connectivity index (χ4n) is 10.5. The minimum Gasteiger partial charge on any atom is -0.462 e. The van der Waals surface area contributed by atoms with Crippen LogP contribution in [0.3, 0.4) is 0 Å². The van der Waals surface area contributed by atoms with Gasteiger partial charge in [0.1, 0.15) is 13.2 Å². The van der Waals surface area contributed by atoms with E-state index in [1.807, 2.05) is 0 Å². The van der Waals surface area contributed by atoms with Gasteiger partial charge in [-0.1, -0.05) is 343 Å². The highest BCUT2D eigenvalue weighted by atomic mass is 16.6. The van der Waals surface area contributed by atoms with Crippen molar-refractivity contribution in [3.05, 3.63) is 0 Å². The maximum Gasteiger partial charge on any atom is 0.306 e. The SMILES string of the molecule is CCCCCCCCCCCCCCCCCCCCC(=O)OC[C@@H](COC(=O)CCCCCCCCCCCCCCCC(C)C)OC(=O)CCCCCCCCCCCCCCCCCCCCC(C)C. The highest BCUT2D eigenvalue weighted by molar-refractivity contribution is 5.71. The average molecular weight is 1030 g/mol. The summed E-state index contributed by atoms with van der Waals surface area (Å²) >= 11 is 0. The van der Waals surface area contributed by atoms with E-state index in [-0.39, 0.29) is 31.1 Å². The molecule has 0 aromatic rings. The van der Waals surface area contributed by atoms with Gasteiger partial charge in [-0.3, -0.25) is 14.4 Å². The van der Waals surface area contributed by atoms with Gasteiger partial charge in [0.25, 0.3) is 0 Å². The van der Waals surface area contributed by atoms with Gasteiger partial charge in [0.15, 0.2) is 6.10 Å². The van der Waals surface area contributed by atoms with Crippen molar-refractivity contribution in [2.45, 2.75) is 387 Å². The fourth-order valence-corrected chi connectivity index (χ4v) is 10.5. The molecule has 0 heterocycles. The zero-order valence-electron chi connectivity index (χ0n) is 50.3. The van der Waals surface area contributed by atoms with Crippen LogP contribution in [-0.2, 0) is 28.6 Å². The van der Waals surface area contributed by atoms with Crippen LogP contribution in [0.1, 0.15) is 381 Å². The van der Waals surface area contributed by atoms with Crippen LogP contribution in [0.15, 0.2) is 0 Å². The van der Waals surface area contributed by atoms with Crippen molar-refractivity contribution in [1.29, 1.82) is 0 Å². The first kappa shape index (κ1) is 71.4. The number of unbranched alkanes of at least 4 members (excludes halogenated alkanes) is 46. The quantitative estimate of drug-likeness (QED) is 0.0343. The molecule has 0 aromatic heterocycles. The van der Waals surface area contributed by atoms with Gasteiger partial charge in [-0.05, 0) is 31.1 Å². The topological polar surface area (TPSA) is 78.9 Å². The third-order valence-electron chi connectivity index (χ3n) is 15.5. The summed E-state index contributed by atoms with van der Waals surface area (Å²) in [5.74, 6) is 0.870. The monoisotopic (exact) mass is 1030 g/mol. The number of hydrogen-bond acceptors (Lipinski definition) is 6. The van der Waals surface area contributed by atoms with Crippen LogP contribution >= 0.6 is 0 Å². The predicted molar refractivity (Wildman–Crippen MR) is 316 cm³/mol. The summed E-state index contributed by atoms with van der Waals surface area (Å²) in [6.07, 6.45) is 66.8. The van der Waals surface area contributed by atoms with Gasteiger partial charge in [-0.25, -0.2) is 0 Å². The van der Waals surface area contributed by atoms with Crippen LogP contribution in [0.4, 0.5) is 0 Å². The molecule has 0 aliphatic rings. The van der Waals surface area contributed by atoms with Crippen LogP contribution in [0.2, 0.25) is 0 Å². The maximum atomic E-state index is 12.9. The molecule has 0 aromatic carbocycles. The van der Waals surface area contributed by atoms with E-state index >= 15 is 0 Å². The van der Waals surface area contributed by atoms with Crippen molar-refractivity contribution in [3.8, 4) is 0 Å². The number of rotatable bonds is 61. The Labute approximate surface area is 457 Å². The summed E-state index contributed by atoms with van der Waals surface area (Å²) in [6.45, 7) is 11.5. The van der Waals surface area contributed by atoms with Gasteiger partial charge in [-0.15, -0.1) is 0 Å². The molecule has 73 heavy (non-hydrogen) atoms. The van der Waals surface area contributed by atoms with E-state index in [4.69, 9.17) is 14.2 Å². The summed E-state index contributed by atoms with van der Waals surface area (Å²) in [7, 11) is 0. The Kier molecular flexibility index (Phi) is 58.4. The molecule has 0 unspecified atom stereocenters. The zero-order chi connectivity index (χ0) is 53.2. The van der Waals surface area contributed by atoms with Crippen molar-refractivity contribution in [2.24, 2.45) is 11.8 Å². The molecule has 0 N–H and O–H groups in total. The Bertz CT molecular complexity index is 1120. The van der Waals surface area contributed by atoms with Crippen molar-refractivity contribution < 1.29 is 28.6 Å². The Hall–Kier alpha value is -1.59. The zero-order valence-corrected chi connectivity index (χ0v) is 50.3. The molecule has 434 valence electrons. The minimum absolute atomic E-state index is 0.0615. The molecule has 0 spiro atoms. The van der Waals surface area contributed by atoms with Crippen molar-refractivity contribution in [1.82, 2.24) is 0 Å². The lowest BCUT2D eigenvalue weighted by Crippen LogP contribution is -2.30. The van der Waals surface area contributed by atoms with Gasteiger partial charge < -0.3 is 14.2 Å². The molecule has 0 saturated heterocycles. The first-order valence-electron chi connectivity index (χ1n) is 33.2. The smallest absolute Gasteiger partial charge is 0.306 e. The number of hydrogen-bond donors (Lipinski definition) is 0. The van der Waals surface area contributed by atoms with Crippen molar-refractivity contribution in [3.63, 3.8) is 0 Å². The Morgan fingerprint density at radius 3 is 0.671 bits per heavy atom. The Morgan fingerprint density at radius 2 is 0.452 bits per heavy atom. The summed E-state index contributed by atoms with van der Waals surface area (Å²) in [5, 5.41) is 0. The van der Waals surface area contributed by atoms with Crippen molar-refractivity contribution >= 4 is 17.9 Å². The second-order valence-electron chi connectivity index (χ2n) is 24.1. The number of esters is 3. The van der Waals surface area contributed by atoms with Gasteiger partial charge >= 0.3 is 17.9 Å². The van der Waals surface area contributed by atoms with E-state index in [1.54, 1.807) is 0 Å². The molecule has 0 bridgehead atoms. The molecule has 6 heteroatoms. The second-order valence-corrected chi connectivity index (χ2v) is 24.1. The molecule has 6 nitrogen and oxygen atoms in total. The molecule has 0 aliphatic carbocycles. The first-order chi connectivity index (χ1) is 35.7. The lowest BCUT2D eigenvalue weighted by atomic mass is 10.0. The fraction of sp³-hybridized carbons (Fsp3) is 0.955. The molecule has 0 fully saturated rings. The molecule has 0 saturated carbocycles. The third kappa shape index (κ3) is 61.1. The average Bonchev–Trinajstić information content (AvgIpc) is 3.37. The highest BCUT2D eigenvalue weighted by Gasteiger charge is 2.19. The van der Waals surface area contributed by atoms with Crippen LogP contribution in [0.5, 0.6) is 0 Å². The van der Waals surface area contributed by atoms with Gasteiger partial charge in [-0.2, -0.15) is 0 Å². The van der Waals surface area contributed by atoms with Crippen LogP contribution < -0.4 is 0 Å². The second kappa shape index (κ2) is 59.7. The lowest BCUT2D eigenvalue weighted by Gasteiger charge is -2.18. The summed E-state index contributed by atoms with van der Waals surface area (Å²) < 4.78 is 17.0. The molecule has 0 amide bonds. The standard InChI is InChI=1S/C67H130O6/c1-6-7-8-9-10-11-12-13-14-15-19-22-27-32-37-42-47-52-57-65(68)71-60-64(61-72-66(69)58-53-48-43-38-33-29-24-26-31-36-41-46-51-56-63(4)5)73-67(70)59-54-49-44-39-34-28-23-20-17-16-18-21-25-30-35-40-45-50-55-62(2)3/h62-64H,6-61H2,1-5H3/t64-/m0/s1. The molecular weight excluding hydrogens is 901 g/mol. The molecule has 0 aliphatic heterocycles. The van der Waals surface area contributed by atoms with E-state index in [0.717, 1.165) is 69.6 Å². The summed E-state index contributed by atoms with van der Waals surface area (Å²) in [4.78, 5) is 38.4. The van der Waals surface area contributed by atoms with E-state index in [0.29, 0.717) is 19.3 Å². The summed E-state index contributed by atoms with van der Waals surface area (Å²) in [5.41, 5.74) is 0. The number of ether oxygens (including phenoxy) is 3. The Balaban J connectivity index is 4.28. The van der Waals surface area contributed by atoms with E-state index in [9.17, 15) is 14.4 Å². The van der Waals surface area contributed by atoms with E-state index in [1.165, 1.54) is 270 Å². The highest BCUT2D eigenvalue weighted by Crippen LogP contribution is 2.19. The predicted octanol–water partition coefficient (Wildman–Crippen LogP) is 22.4. The number of carbonyl (C=O) groups excluding carboxylic acids is 3. The molecule has 1 atom stereocenters. The van der Waals surface area contributed by atoms with Crippen LogP contribution in [0, 0.1) is 11.8 Å². The lowest BCUT2D eigenvalue weighted by molar-refractivity contribution is -0.167. The Morgan fingerprint density at radius 1 is 0.260 bits per heavy atom. The van der Waals surface area contributed by atoms with E-state index in [2.05, 4.69) is 34.6 Å². The van der Waals surface area contributed by atoms with Gasteiger partial charge in [0, 0.05) is 19.3 Å². The first-order valence-corrected chi connectivity index (χ1v) is 33.2. The normalized spacial score (nSPS) is 12.0. The van der Waals surface area contributed by atoms with Crippen LogP contribution in [0.25, 0.3) is 0 Å². The molecule has 0 radical (unpaired) electrons. The number of carbonyl (C=O) groups is 3. The van der Waals surface area contributed by atoms with Gasteiger partial charge in [0.2, 0.25) is 0 Å². The third-order valence-corrected chi connectivity index (χ3v) is 15.5. The van der Waals surface area contributed by atoms with E-state index < -0.39 is 6.10 Å². The van der Waals surface area contributed by atoms with Gasteiger partial charge in [0.05, 0.1) is 0 Å².